The second-order valence-electron chi connectivity index (χ2n) is 6.99. The zero-order valence-electron chi connectivity index (χ0n) is 19.2. The van der Waals surface area contributed by atoms with E-state index in [9.17, 15) is 13.2 Å². The van der Waals surface area contributed by atoms with Crippen LogP contribution in [0.25, 0.3) is 0 Å². The molecule has 10 heteroatoms. The number of hydrogen-bond donors (Lipinski definition) is 2. The fourth-order valence-electron chi connectivity index (χ4n) is 3.24. The second kappa shape index (κ2) is 10.8. The number of nitrogens with one attached hydrogen (secondary N) is 2. The Morgan fingerprint density at radius 2 is 1.47 bits per heavy atom. The molecule has 0 aliphatic heterocycles. The molecule has 34 heavy (non-hydrogen) atoms. The van der Waals surface area contributed by atoms with Crippen LogP contribution in [0, 0.1) is 0 Å². The first-order valence-corrected chi connectivity index (χ1v) is 11.6. The Hall–Kier alpha value is -3.92. The van der Waals surface area contributed by atoms with Gasteiger partial charge < -0.3 is 29.6 Å². The summed E-state index contributed by atoms with van der Waals surface area (Å²) in [5, 5.41) is 5.68. The second-order valence-corrected chi connectivity index (χ2v) is 8.91. The zero-order valence-corrected chi connectivity index (χ0v) is 20.1. The van der Waals surface area contributed by atoms with Crippen molar-refractivity contribution in [2.75, 3.05) is 45.6 Å². The monoisotopic (exact) mass is 486 g/mol. The highest BCUT2D eigenvalue weighted by atomic mass is 32.2. The number of anilines is 2. The summed E-state index contributed by atoms with van der Waals surface area (Å²) in [7, 11) is 1.88. The fraction of sp³-hybridized carbons (Fsp3) is 0.208. The molecule has 0 unspecified atom stereocenters. The Morgan fingerprint density at radius 1 is 0.794 bits per heavy atom. The molecule has 9 nitrogen and oxygen atoms in total. The minimum Gasteiger partial charge on any atom is -0.497 e. The predicted molar refractivity (Wildman–Crippen MR) is 128 cm³/mol. The van der Waals surface area contributed by atoms with Crippen molar-refractivity contribution >= 4 is 27.1 Å². The molecule has 1 amide bonds. The summed E-state index contributed by atoms with van der Waals surface area (Å²) >= 11 is 0. The van der Waals surface area contributed by atoms with Crippen molar-refractivity contribution in [1.29, 1.82) is 0 Å². The highest BCUT2D eigenvalue weighted by Gasteiger charge is 2.26. The normalized spacial score (nSPS) is 10.8. The summed E-state index contributed by atoms with van der Waals surface area (Å²) in [5.41, 5.74) is 0.711. The molecule has 3 aromatic carbocycles. The Kier molecular flexibility index (Phi) is 7.85. The van der Waals surface area contributed by atoms with E-state index in [0.717, 1.165) is 0 Å². The average Bonchev–Trinajstić information content (AvgIpc) is 2.87. The van der Waals surface area contributed by atoms with Crippen molar-refractivity contribution in [3.63, 3.8) is 0 Å². The van der Waals surface area contributed by atoms with E-state index in [1.807, 2.05) is 0 Å². The quantitative estimate of drug-likeness (QED) is 0.447. The molecule has 0 saturated heterocycles. The fourth-order valence-corrected chi connectivity index (χ4v) is 4.72. The van der Waals surface area contributed by atoms with Crippen molar-refractivity contribution in [3.8, 4) is 23.0 Å². The molecular formula is C24H26N2O7S. The van der Waals surface area contributed by atoms with E-state index in [1.54, 1.807) is 42.5 Å². The van der Waals surface area contributed by atoms with E-state index in [1.165, 1.54) is 46.6 Å². The molecule has 0 aromatic heterocycles. The number of amides is 1. The van der Waals surface area contributed by atoms with E-state index in [-0.39, 0.29) is 33.5 Å². The topological polar surface area (TPSA) is 112 Å². The molecule has 0 spiro atoms. The summed E-state index contributed by atoms with van der Waals surface area (Å²) in [4.78, 5) is 12.7. The van der Waals surface area contributed by atoms with Crippen LogP contribution >= 0.6 is 0 Å². The minimum absolute atomic E-state index is 0.0661. The molecule has 0 radical (unpaired) electrons. The number of hydrogen-bond acceptors (Lipinski definition) is 8. The van der Waals surface area contributed by atoms with Crippen LogP contribution in [0.1, 0.15) is 0 Å². The van der Waals surface area contributed by atoms with Crippen LogP contribution in [0.5, 0.6) is 23.0 Å². The van der Waals surface area contributed by atoms with Crippen LogP contribution in [0.3, 0.4) is 0 Å². The molecule has 0 saturated carbocycles. The molecule has 180 valence electrons. The lowest BCUT2D eigenvalue weighted by Crippen LogP contribution is -2.22. The molecular weight excluding hydrogens is 460 g/mol. The van der Waals surface area contributed by atoms with Crippen LogP contribution < -0.4 is 29.6 Å². The third-order valence-corrected chi connectivity index (χ3v) is 6.71. The van der Waals surface area contributed by atoms with E-state index in [2.05, 4.69) is 10.6 Å². The summed E-state index contributed by atoms with van der Waals surface area (Å²) in [6.07, 6.45) is 0. The Bertz CT molecular complexity index is 1260. The summed E-state index contributed by atoms with van der Waals surface area (Å²) < 4.78 is 47.7. The van der Waals surface area contributed by atoms with Gasteiger partial charge in [-0.05, 0) is 24.3 Å². The van der Waals surface area contributed by atoms with Gasteiger partial charge >= 0.3 is 0 Å². The minimum atomic E-state index is -3.92. The lowest BCUT2D eigenvalue weighted by Gasteiger charge is -2.17. The molecule has 0 heterocycles. The number of methoxy groups -OCH3 is 4. The number of carbonyl (C=O) groups excluding carboxylic acids is 1. The van der Waals surface area contributed by atoms with Gasteiger partial charge in [0.1, 0.15) is 22.1 Å². The van der Waals surface area contributed by atoms with Crippen LogP contribution in [0.4, 0.5) is 11.4 Å². The van der Waals surface area contributed by atoms with Crippen molar-refractivity contribution in [2.45, 2.75) is 9.79 Å². The summed E-state index contributed by atoms with van der Waals surface area (Å²) in [5.74, 6) is 0.964. The zero-order chi connectivity index (χ0) is 24.7. The molecule has 0 bridgehead atoms. The van der Waals surface area contributed by atoms with Crippen LogP contribution in [-0.2, 0) is 14.6 Å². The largest absolute Gasteiger partial charge is 0.497 e. The Morgan fingerprint density at radius 3 is 2.09 bits per heavy atom. The van der Waals surface area contributed by atoms with E-state index in [0.29, 0.717) is 17.2 Å². The number of ether oxygens (including phenoxy) is 4. The van der Waals surface area contributed by atoms with Gasteiger partial charge in [-0.15, -0.1) is 0 Å². The Balaban J connectivity index is 1.89. The SMILES string of the molecule is COc1ccc(OC)c(NC(=O)CNc2cc(OC)cc(S(=O)(=O)c3ccccc3)c2OC)c1. The maximum absolute atomic E-state index is 13.3. The van der Waals surface area contributed by atoms with E-state index in [4.69, 9.17) is 18.9 Å². The van der Waals surface area contributed by atoms with Crippen molar-refractivity contribution in [1.82, 2.24) is 0 Å². The molecule has 2 N–H and O–H groups in total. The van der Waals surface area contributed by atoms with Gasteiger partial charge in [-0.1, -0.05) is 18.2 Å². The van der Waals surface area contributed by atoms with Gasteiger partial charge in [0.15, 0.2) is 5.75 Å². The molecule has 0 aliphatic carbocycles. The number of sulfone groups is 1. The van der Waals surface area contributed by atoms with Gasteiger partial charge in [0.05, 0.1) is 51.3 Å². The predicted octanol–water partition coefficient (Wildman–Crippen LogP) is 3.60. The van der Waals surface area contributed by atoms with E-state index < -0.39 is 15.7 Å². The lowest BCUT2D eigenvalue weighted by atomic mass is 10.2. The first-order valence-electron chi connectivity index (χ1n) is 10.2. The number of carbonyl (C=O) groups is 1. The maximum atomic E-state index is 13.3. The molecule has 3 rings (SSSR count). The maximum Gasteiger partial charge on any atom is 0.243 e. The van der Waals surface area contributed by atoms with Crippen LogP contribution in [0.15, 0.2) is 70.5 Å². The third kappa shape index (κ3) is 5.34. The van der Waals surface area contributed by atoms with Gasteiger partial charge in [0.2, 0.25) is 15.7 Å². The van der Waals surface area contributed by atoms with Crippen molar-refractivity contribution < 1.29 is 32.2 Å². The van der Waals surface area contributed by atoms with Crippen molar-refractivity contribution in [3.05, 3.63) is 60.7 Å². The molecule has 3 aromatic rings. The van der Waals surface area contributed by atoms with Crippen molar-refractivity contribution in [2.24, 2.45) is 0 Å². The molecule has 0 atom stereocenters. The smallest absolute Gasteiger partial charge is 0.243 e. The highest BCUT2D eigenvalue weighted by Crippen LogP contribution is 2.39. The number of benzene rings is 3. The standard InChI is InChI=1S/C24H26N2O7S/c1-30-16-10-11-21(32-3)19(12-16)26-23(27)15-25-20-13-17(31-2)14-22(24(20)33-4)34(28,29)18-8-6-5-7-9-18/h5-14,25H,15H2,1-4H3,(H,26,27). The van der Waals surface area contributed by atoms with Crippen LogP contribution in [-0.4, -0.2) is 49.3 Å². The van der Waals surface area contributed by atoms with Gasteiger partial charge in [0.25, 0.3) is 0 Å². The van der Waals surface area contributed by atoms with Gasteiger partial charge in [-0.3, -0.25) is 4.79 Å². The van der Waals surface area contributed by atoms with Gasteiger partial charge in [-0.25, -0.2) is 8.42 Å². The first-order chi connectivity index (χ1) is 16.3. The number of rotatable bonds is 10. The summed E-state index contributed by atoms with van der Waals surface area (Å²) in [6, 6.07) is 15.9. The average molecular weight is 487 g/mol. The molecule has 0 fully saturated rings. The third-order valence-electron chi connectivity index (χ3n) is 4.93. The summed E-state index contributed by atoms with van der Waals surface area (Å²) in [6.45, 7) is -0.186. The Labute approximate surface area is 198 Å². The van der Waals surface area contributed by atoms with Gasteiger partial charge in [0, 0.05) is 18.2 Å². The lowest BCUT2D eigenvalue weighted by molar-refractivity contribution is -0.114. The van der Waals surface area contributed by atoms with E-state index >= 15 is 0 Å². The highest BCUT2D eigenvalue weighted by molar-refractivity contribution is 7.91. The van der Waals surface area contributed by atoms with Gasteiger partial charge in [-0.2, -0.15) is 0 Å². The first kappa shape index (κ1) is 24.7. The molecule has 0 aliphatic rings. The van der Waals surface area contributed by atoms with Crippen LogP contribution in [0.2, 0.25) is 0 Å².